The van der Waals surface area contributed by atoms with Crippen LogP contribution in [-0.4, -0.2) is 43.0 Å². The van der Waals surface area contributed by atoms with Gasteiger partial charge in [-0.05, 0) is 47.4 Å². The molecule has 35 heavy (non-hydrogen) atoms. The average Bonchev–Trinajstić information content (AvgIpc) is 2.89. The Bertz CT molecular complexity index is 1170. The Morgan fingerprint density at radius 2 is 1.66 bits per heavy atom. The van der Waals surface area contributed by atoms with Crippen LogP contribution in [0.1, 0.15) is 23.1 Å². The van der Waals surface area contributed by atoms with Crippen molar-refractivity contribution in [2.24, 2.45) is 0 Å². The zero-order valence-electron chi connectivity index (χ0n) is 19.7. The van der Waals surface area contributed by atoms with Gasteiger partial charge in [-0.25, -0.2) is 0 Å². The predicted molar refractivity (Wildman–Crippen MR) is 138 cm³/mol. The fraction of sp³-hybridized carbons (Fsp3) is 0.286. The highest BCUT2D eigenvalue weighted by Crippen LogP contribution is 2.31. The van der Waals surface area contributed by atoms with Crippen molar-refractivity contribution in [3.63, 3.8) is 0 Å². The van der Waals surface area contributed by atoms with Crippen molar-refractivity contribution in [2.75, 3.05) is 20.3 Å². The van der Waals surface area contributed by atoms with Gasteiger partial charge in [-0.2, -0.15) is 0 Å². The Morgan fingerprint density at radius 1 is 0.914 bits per heavy atom. The van der Waals surface area contributed by atoms with Crippen molar-refractivity contribution in [3.8, 4) is 11.5 Å². The summed E-state index contributed by atoms with van der Waals surface area (Å²) in [6.07, 6.45) is 1.25. The first-order chi connectivity index (χ1) is 17.0. The first-order valence-corrected chi connectivity index (χ1v) is 12.5. The third-order valence-electron chi connectivity index (χ3n) is 5.99. The number of hydrogen-bond acceptors (Lipinski definition) is 4. The quantitative estimate of drug-likeness (QED) is 0.436. The monoisotopic (exact) mass is 536 g/mol. The summed E-state index contributed by atoms with van der Waals surface area (Å²) >= 11 is 3.51. The molecule has 1 heterocycles. The van der Waals surface area contributed by atoms with Gasteiger partial charge in [0.05, 0.1) is 0 Å². The van der Waals surface area contributed by atoms with E-state index in [-0.39, 0.29) is 18.2 Å². The average molecular weight is 537 g/mol. The highest BCUT2D eigenvalue weighted by molar-refractivity contribution is 9.10. The lowest BCUT2D eigenvalue weighted by Gasteiger charge is -2.31. The van der Waals surface area contributed by atoms with Gasteiger partial charge in [0.1, 0.15) is 19.3 Å². The lowest BCUT2D eigenvalue weighted by Crippen LogP contribution is -2.49. The second-order valence-corrected chi connectivity index (χ2v) is 9.37. The summed E-state index contributed by atoms with van der Waals surface area (Å²) in [6.45, 7) is 1.39. The highest BCUT2D eigenvalue weighted by Gasteiger charge is 2.29. The Labute approximate surface area is 214 Å². The molecule has 4 rings (SSSR count). The van der Waals surface area contributed by atoms with E-state index in [1.807, 2.05) is 72.8 Å². The number of amides is 2. The minimum Gasteiger partial charge on any atom is -0.486 e. The fourth-order valence-corrected chi connectivity index (χ4v) is 4.64. The first-order valence-electron chi connectivity index (χ1n) is 11.7. The maximum atomic E-state index is 13.6. The summed E-state index contributed by atoms with van der Waals surface area (Å²) in [5.41, 5.74) is 2.94. The first kappa shape index (κ1) is 24.8. The Balaban J connectivity index is 1.56. The van der Waals surface area contributed by atoms with E-state index >= 15 is 0 Å². The molecular weight excluding hydrogens is 508 g/mol. The summed E-state index contributed by atoms with van der Waals surface area (Å²) < 4.78 is 12.2. The second-order valence-electron chi connectivity index (χ2n) is 8.45. The van der Waals surface area contributed by atoms with Gasteiger partial charge in [0.25, 0.3) is 0 Å². The van der Waals surface area contributed by atoms with Gasteiger partial charge >= 0.3 is 0 Å². The van der Waals surface area contributed by atoms with E-state index < -0.39 is 6.04 Å². The van der Waals surface area contributed by atoms with Crippen molar-refractivity contribution >= 4 is 27.7 Å². The van der Waals surface area contributed by atoms with Crippen LogP contribution in [0.4, 0.5) is 0 Å². The number of hydrogen-bond donors (Lipinski definition) is 1. The van der Waals surface area contributed by atoms with Crippen LogP contribution in [0.2, 0.25) is 0 Å². The SMILES string of the molecule is CNC(=O)[C@@H](Cc1ccccc1)N(Cc1cccc(Br)c1)C(=O)CCc1ccc2c(c1)OCCO2. The molecule has 7 heteroatoms. The number of fused-ring (bicyclic) bond motifs is 1. The molecular formula is C28H29BrN2O4. The molecule has 2 amide bonds. The van der Waals surface area contributed by atoms with Gasteiger partial charge in [-0.3, -0.25) is 9.59 Å². The number of likely N-dealkylation sites (N-methyl/N-ethyl adjacent to an activating group) is 1. The molecule has 0 aliphatic carbocycles. The second kappa shape index (κ2) is 11.9. The molecule has 0 saturated carbocycles. The number of benzene rings is 3. The van der Waals surface area contributed by atoms with Gasteiger partial charge in [0.2, 0.25) is 11.8 Å². The van der Waals surface area contributed by atoms with Crippen LogP contribution < -0.4 is 14.8 Å². The van der Waals surface area contributed by atoms with Crippen molar-refractivity contribution in [1.82, 2.24) is 10.2 Å². The van der Waals surface area contributed by atoms with Crippen LogP contribution in [0, 0.1) is 0 Å². The van der Waals surface area contributed by atoms with Crippen molar-refractivity contribution < 1.29 is 19.1 Å². The standard InChI is InChI=1S/C28H29BrN2O4/c1-30-28(33)24(17-20-6-3-2-4-7-20)31(19-22-8-5-9-23(29)16-22)27(32)13-11-21-10-12-25-26(18-21)35-15-14-34-25/h2-10,12,16,18,24H,11,13-15,17,19H2,1H3,(H,30,33)/t24-/m1/s1. The topological polar surface area (TPSA) is 67.9 Å². The normalized spacial score (nSPS) is 13.1. The minimum atomic E-state index is -0.630. The van der Waals surface area contributed by atoms with Gasteiger partial charge in [0, 0.05) is 30.9 Å². The predicted octanol–water partition coefficient (Wildman–Crippen LogP) is 4.54. The van der Waals surface area contributed by atoms with Crippen LogP contribution >= 0.6 is 15.9 Å². The molecule has 0 unspecified atom stereocenters. The summed E-state index contributed by atoms with van der Waals surface area (Å²) in [4.78, 5) is 28.3. The summed E-state index contributed by atoms with van der Waals surface area (Å²) in [5.74, 6) is 1.17. The molecule has 0 aromatic heterocycles. The van der Waals surface area contributed by atoms with E-state index in [0.717, 1.165) is 26.9 Å². The zero-order valence-corrected chi connectivity index (χ0v) is 21.3. The van der Waals surface area contributed by atoms with E-state index in [0.29, 0.717) is 38.3 Å². The molecule has 1 atom stereocenters. The van der Waals surface area contributed by atoms with E-state index in [1.54, 1.807) is 11.9 Å². The fourth-order valence-electron chi connectivity index (χ4n) is 4.19. The lowest BCUT2D eigenvalue weighted by atomic mass is 10.0. The Morgan fingerprint density at radius 3 is 2.40 bits per heavy atom. The van der Waals surface area contributed by atoms with Gasteiger partial charge < -0.3 is 19.7 Å². The maximum absolute atomic E-state index is 13.6. The number of carbonyl (C=O) groups is 2. The third-order valence-corrected chi connectivity index (χ3v) is 6.49. The van der Waals surface area contributed by atoms with Gasteiger partial charge in [0.15, 0.2) is 11.5 Å². The molecule has 182 valence electrons. The number of aryl methyl sites for hydroxylation is 1. The zero-order chi connectivity index (χ0) is 24.6. The van der Waals surface area contributed by atoms with Crippen molar-refractivity contribution in [1.29, 1.82) is 0 Å². The molecule has 0 fully saturated rings. The highest BCUT2D eigenvalue weighted by atomic mass is 79.9. The number of carbonyl (C=O) groups excluding carboxylic acids is 2. The molecule has 0 radical (unpaired) electrons. The van der Waals surface area contributed by atoms with Gasteiger partial charge in [-0.1, -0.05) is 64.5 Å². The van der Waals surface area contributed by atoms with Crippen LogP contribution in [0.25, 0.3) is 0 Å². The molecule has 0 saturated heterocycles. The van der Waals surface area contributed by atoms with Gasteiger partial charge in [-0.15, -0.1) is 0 Å². The molecule has 0 spiro atoms. The molecule has 1 aliphatic rings. The smallest absolute Gasteiger partial charge is 0.242 e. The molecule has 1 N–H and O–H groups in total. The van der Waals surface area contributed by atoms with Crippen molar-refractivity contribution in [3.05, 3.63) is 94.0 Å². The number of halogens is 1. The summed E-state index contributed by atoms with van der Waals surface area (Å²) in [6, 6.07) is 22.7. The van der Waals surface area contributed by atoms with E-state index in [1.165, 1.54) is 0 Å². The number of rotatable bonds is 9. The van der Waals surface area contributed by atoms with E-state index in [4.69, 9.17) is 9.47 Å². The van der Waals surface area contributed by atoms with E-state index in [2.05, 4.69) is 21.2 Å². The maximum Gasteiger partial charge on any atom is 0.242 e. The molecule has 6 nitrogen and oxygen atoms in total. The Kier molecular flexibility index (Phi) is 8.42. The molecule has 0 bridgehead atoms. The third kappa shape index (κ3) is 6.63. The number of ether oxygens (including phenoxy) is 2. The number of nitrogens with one attached hydrogen (secondary N) is 1. The number of nitrogens with zero attached hydrogens (tertiary/aromatic N) is 1. The van der Waals surface area contributed by atoms with Crippen molar-refractivity contribution in [2.45, 2.75) is 31.8 Å². The van der Waals surface area contributed by atoms with Crippen LogP contribution in [0.15, 0.2) is 77.3 Å². The van der Waals surface area contributed by atoms with Crippen LogP contribution in [-0.2, 0) is 29.0 Å². The lowest BCUT2D eigenvalue weighted by molar-refractivity contribution is -0.141. The van der Waals surface area contributed by atoms with E-state index in [9.17, 15) is 9.59 Å². The Hall–Kier alpha value is -3.32. The van der Waals surface area contributed by atoms with Crippen LogP contribution in [0.3, 0.4) is 0 Å². The molecule has 1 aliphatic heterocycles. The largest absolute Gasteiger partial charge is 0.486 e. The minimum absolute atomic E-state index is 0.0793. The van der Waals surface area contributed by atoms with Crippen LogP contribution in [0.5, 0.6) is 11.5 Å². The molecule has 3 aromatic carbocycles. The summed E-state index contributed by atoms with van der Waals surface area (Å²) in [5, 5.41) is 2.75. The molecule has 3 aromatic rings. The summed E-state index contributed by atoms with van der Waals surface area (Å²) in [7, 11) is 1.61.